The fourth-order valence-electron chi connectivity index (χ4n) is 3.33. The molecule has 0 aromatic carbocycles. The lowest BCUT2D eigenvalue weighted by atomic mass is 9.65. The Hall–Kier alpha value is -2.95. The minimum Gasteiger partial charge on any atom is -0.399 e. The maximum atomic E-state index is 13.3. The predicted octanol–water partition coefficient (Wildman–Crippen LogP) is 3.20. The van der Waals surface area contributed by atoms with Gasteiger partial charge in [-0.05, 0) is 43.0 Å². The van der Waals surface area contributed by atoms with Gasteiger partial charge in [-0.3, -0.25) is 0 Å². The molecule has 0 radical (unpaired) electrons. The van der Waals surface area contributed by atoms with Crippen LogP contribution in [0.25, 0.3) is 0 Å². The summed E-state index contributed by atoms with van der Waals surface area (Å²) in [7, 11) is 0. The van der Waals surface area contributed by atoms with Crippen molar-refractivity contribution in [3.05, 3.63) is 36.0 Å². The first-order valence-corrected chi connectivity index (χ1v) is 8.44. The summed E-state index contributed by atoms with van der Waals surface area (Å²) in [5.74, 6) is -1.27. The summed E-state index contributed by atoms with van der Waals surface area (Å²) in [5.41, 5.74) is 6.56. The Kier molecular flexibility index (Phi) is 3.68. The second-order valence-electron chi connectivity index (χ2n) is 6.96. The molecule has 0 unspecified atom stereocenters. The number of alkyl halides is 2. The first-order valence-electron chi connectivity index (χ1n) is 8.44. The molecule has 3 heterocycles. The van der Waals surface area contributed by atoms with E-state index in [2.05, 4.69) is 21.4 Å². The Morgan fingerprint density at radius 2 is 1.96 bits per heavy atom. The van der Waals surface area contributed by atoms with Gasteiger partial charge in [0.15, 0.2) is 0 Å². The normalized spacial score (nSPS) is 19.8. The summed E-state index contributed by atoms with van der Waals surface area (Å²) >= 11 is 0. The fourth-order valence-corrected chi connectivity index (χ4v) is 3.33. The number of nitrogens with zero attached hydrogens (tertiary/aromatic N) is 4. The van der Waals surface area contributed by atoms with Crippen LogP contribution in [0.5, 0.6) is 0 Å². The lowest BCUT2D eigenvalue weighted by Gasteiger charge is -2.41. The average molecular weight is 356 g/mol. The number of nitrogens with one attached hydrogen (secondary N) is 1. The van der Waals surface area contributed by atoms with Gasteiger partial charge in [0, 0.05) is 18.0 Å². The number of anilines is 4. The number of hydrogen-bond acceptors (Lipinski definition) is 6. The number of halogens is 2. The molecule has 8 heteroatoms. The zero-order chi connectivity index (χ0) is 18.4. The number of nitrogens with two attached hydrogens (primary N) is 1. The number of hydrogen-bond donors (Lipinski definition) is 2. The Balaban J connectivity index is 1.70. The van der Waals surface area contributed by atoms with Crippen LogP contribution >= 0.6 is 0 Å². The second kappa shape index (κ2) is 5.80. The zero-order valence-corrected chi connectivity index (χ0v) is 14.0. The van der Waals surface area contributed by atoms with E-state index in [9.17, 15) is 14.0 Å². The van der Waals surface area contributed by atoms with Crippen molar-refractivity contribution in [2.45, 2.75) is 30.6 Å². The van der Waals surface area contributed by atoms with Gasteiger partial charge >= 0.3 is 0 Å². The number of rotatable bonds is 4. The molecule has 2 aromatic rings. The van der Waals surface area contributed by atoms with E-state index in [-0.39, 0.29) is 13.1 Å². The second-order valence-corrected chi connectivity index (χ2v) is 6.96. The van der Waals surface area contributed by atoms with Crippen LogP contribution in [-0.2, 0) is 5.41 Å². The third kappa shape index (κ3) is 2.90. The molecule has 3 N–H and O–H groups in total. The van der Waals surface area contributed by atoms with E-state index >= 15 is 0 Å². The van der Waals surface area contributed by atoms with Gasteiger partial charge in [0.2, 0.25) is 0 Å². The highest BCUT2D eigenvalue weighted by Crippen LogP contribution is 2.45. The number of nitriles is 1. The molecule has 0 spiro atoms. The van der Waals surface area contributed by atoms with Gasteiger partial charge in [0.1, 0.15) is 17.5 Å². The van der Waals surface area contributed by atoms with Crippen molar-refractivity contribution in [2.75, 3.05) is 29.0 Å². The molecule has 134 valence electrons. The molecule has 1 aliphatic heterocycles. The molecule has 2 aliphatic rings. The highest BCUT2D eigenvalue weighted by molar-refractivity contribution is 5.62. The smallest absolute Gasteiger partial charge is 0.282 e. The largest absolute Gasteiger partial charge is 0.399 e. The van der Waals surface area contributed by atoms with Crippen LogP contribution in [0, 0.1) is 11.3 Å². The SMILES string of the molecule is N#CC1(c2cc(Nc3cc(N)ccn3)nc(N3CC(F)(F)C3)c2)CCC1. The first-order chi connectivity index (χ1) is 12.4. The summed E-state index contributed by atoms with van der Waals surface area (Å²) < 4.78 is 26.6. The van der Waals surface area contributed by atoms with Crippen LogP contribution in [-0.4, -0.2) is 29.0 Å². The van der Waals surface area contributed by atoms with Gasteiger partial charge in [-0.2, -0.15) is 5.26 Å². The highest BCUT2D eigenvalue weighted by Gasteiger charge is 2.45. The number of nitrogen functional groups attached to an aromatic ring is 1. The van der Waals surface area contributed by atoms with Gasteiger partial charge < -0.3 is 16.0 Å². The van der Waals surface area contributed by atoms with Crippen molar-refractivity contribution < 1.29 is 8.78 Å². The number of pyridine rings is 2. The minimum atomic E-state index is -2.69. The van der Waals surface area contributed by atoms with Crippen LogP contribution in [0.4, 0.5) is 31.9 Å². The van der Waals surface area contributed by atoms with E-state index < -0.39 is 11.3 Å². The van der Waals surface area contributed by atoms with Crippen molar-refractivity contribution in [1.29, 1.82) is 5.26 Å². The van der Waals surface area contributed by atoms with Crippen LogP contribution in [0.15, 0.2) is 30.5 Å². The first kappa shape index (κ1) is 16.5. The molecule has 1 aliphatic carbocycles. The maximum Gasteiger partial charge on any atom is 0.282 e. The van der Waals surface area contributed by atoms with Crippen molar-refractivity contribution in [3.63, 3.8) is 0 Å². The summed E-state index contributed by atoms with van der Waals surface area (Å²) in [4.78, 5) is 10.1. The lowest BCUT2D eigenvalue weighted by molar-refractivity contribution is -0.0267. The molecule has 0 amide bonds. The fraction of sp³-hybridized carbons (Fsp3) is 0.389. The number of aromatic nitrogens is 2. The third-order valence-electron chi connectivity index (χ3n) is 4.99. The molecule has 2 fully saturated rings. The zero-order valence-electron chi connectivity index (χ0n) is 14.0. The van der Waals surface area contributed by atoms with Crippen molar-refractivity contribution in [1.82, 2.24) is 9.97 Å². The van der Waals surface area contributed by atoms with E-state index in [0.717, 1.165) is 24.8 Å². The minimum absolute atomic E-state index is 0.362. The summed E-state index contributed by atoms with van der Waals surface area (Å²) in [5, 5.41) is 12.7. The highest BCUT2D eigenvalue weighted by atomic mass is 19.3. The monoisotopic (exact) mass is 356 g/mol. The lowest BCUT2D eigenvalue weighted by Crippen LogP contribution is -2.56. The summed E-state index contributed by atoms with van der Waals surface area (Å²) in [6.45, 7) is -0.724. The van der Waals surface area contributed by atoms with Crippen LogP contribution in [0.2, 0.25) is 0 Å². The van der Waals surface area contributed by atoms with Gasteiger partial charge in [-0.1, -0.05) is 0 Å². The topological polar surface area (TPSA) is 90.9 Å². The predicted molar refractivity (Wildman–Crippen MR) is 94.5 cm³/mol. The molecule has 26 heavy (non-hydrogen) atoms. The standard InChI is InChI=1S/C18H18F2N6/c19-18(20)10-26(11-18)16-7-12(17(9-21)3-1-4-17)6-15(25-16)24-14-8-13(22)2-5-23-14/h2,5-8H,1,3-4,10-11H2,(H3,22,23,24,25). The maximum absolute atomic E-state index is 13.3. The van der Waals surface area contributed by atoms with E-state index in [1.54, 1.807) is 30.5 Å². The van der Waals surface area contributed by atoms with Crippen molar-refractivity contribution in [3.8, 4) is 6.07 Å². The van der Waals surface area contributed by atoms with Crippen LogP contribution in [0.3, 0.4) is 0 Å². The van der Waals surface area contributed by atoms with E-state index in [0.29, 0.717) is 23.1 Å². The third-order valence-corrected chi connectivity index (χ3v) is 4.99. The summed E-state index contributed by atoms with van der Waals surface area (Å²) in [6.07, 6.45) is 4.08. The summed E-state index contributed by atoms with van der Waals surface area (Å²) in [6, 6.07) is 9.28. The Labute approximate surface area is 149 Å². The van der Waals surface area contributed by atoms with Crippen molar-refractivity contribution in [2.24, 2.45) is 0 Å². The molecule has 2 aromatic heterocycles. The molecule has 0 atom stereocenters. The van der Waals surface area contributed by atoms with Gasteiger partial charge in [0.25, 0.3) is 5.92 Å². The van der Waals surface area contributed by atoms with E-state index in [1.165, 1.54) is 4.90 Å². The quantitative estimate of drug-likeness (QED) is 0.874. The molecule has 1 saturated heterocycles. The Morgan fingerprint density at radius 3 is 2.54 bits per heavy atom. The Morgan fingerprint density at radius 1 is 1.19 bits per heavy atom. The van der Waals surface area contributed by atoms with E-state index in [1.807, 2.05) is 0 Å². The van der Waals surface area contributed by atoms with E-state index in [4.69, 9.17) is 5.73 Å². The van der Waals surface area contributed by atoms with Crippen molar-refractivity contribution >= 4 is 23.1 Å². The van der Waals surface area contributed by atoms with Crippen LogP contribution < -0.4 is 16.0 Å². The molecular formula is C18H18F2N6. The molecule has 1 saturated carbocycles. The Bertz CT molecular complexity index is 879. The van der Waals surface area contributed by atoms with Crippen LogP contribution in [0.1, 0.15) is 24.8 Å². The van der Waals surface area contributed by atoms with Gasteiger partial charge in [-0.25, -0.2) is 18.7 Å². The molecule has 4 rings (SSSR count). The van der Waals surface area contributed by atoms with Gasteiger partial charge in [-0.15, -0.1) is 0 Å². The average Bonchev–Trinajstić information content (AvgIpc) is 2.52. The molecule has 0 bridgehead atoms. The molecular weight excluding hydrogens is 338 g/mol. The molecule has 6 nitrogen and oxygen atoms in total. The van der Waals surface area contributed by atoms with Gasteiger partial charge in [0.05, 0.1) is 24.6 Å².